The number of rotatable bonds is 5. The van der Waals surface area contributed by atoms with E-state index in [0.29, 0.717) is 6.42 Å². The molecule has 0 amide bonds. The molecule has 1 unspecified atom stereocenters. The van der Waals surface area contributed by atoms with Crippen LogP contribution in [-0.4, -0.2) is 29.1 Å². The van der Waals surface area contributed by atoms with E-state index < -0.39 is 6.10 Å². The number of carbonyl (C=O) groups is 2. The average Bonchev–Trinajstić information content (AvgIpc) is 3.12. The molecule has 4 nitrogen and oxygen atoms in total. The zero-order valence-electron chi connectivity index (χ0n) is 19.8. The lowest BCUT2D eigenvalue weighted by molar-refractivity contribution is -0.142. The van der Waals surface area contributed by atoms with Crippen LogP contribution in [0.1, 0.15) is 60.8 Å². The molecule has 170 valence electrons. The van der Waals surface area contributed by atoms with Crippen molar-refractivity contribution in [2.45, 2.75) is 73.0 Å². The molecule has 0 bridgehead atoms. The quantitative estimate of drug-likeness (QED) is 0.284. The molecule has 2 fully saturated rings. The maximum atomic E-state index is 13.2. The Morgan fingerprint density at radius 2 is 1.97 bits per heavy atom. The normalized spacial score (nSPS) is 40.6. The van der Waals surface area contributed by atoms with Crippen molar-refractivity contribution >= 4 is 11.8 Å². The van der Waals surface area contributed by atoms with Gasteiger partial charge in [0.1, 0.15) is 6.10 Å². The zero-order valence-corrected chi connectivity index (χ0v) is 19.8. The predicted octanol–water partition coefficient (Wildman–Crippen LogP) is 5.19. The number of fused-ring (bicyclic) bond motifs is 2. The van der Waals surface area contributed by atoms with E-state index in [9.17, 15) is 14.7 Å². The highest BCUT2D eigenvalue weighted by atomic mass is 16.5. The summed E-state index contributed by atoms with van der Waals surface area (Å²) in [5.74, 6) is -0.283. The lowest BCUT2D eigenvalue weighted by Gasteiger charge is -2.25. The number of aliphatic hydroxyl groups is 1. The minimum absolute atomic E-state index is 0.0578. The second kappa shape index (κ2) is 9.28. The lowest BCUT2D eigenvalue weighted by Crippen LogP contribution is -2.29. The summed E-state index contributed by atoms with van der Waals surface area (Å²) < 4.78 is 5.98. The molecule has 0 aromatic carbocycles. The molecular weight excluding hydrogens is 388 g/mol. The number of hydrogen-bond donors (Lipinski definition) is 1. The molecule has 7 atom stereocenters. The topological polar surface area (TPSA) is 63.6 Å². The average molecular weight is 427 g/mol. The first kappa shape index (κ1) is 23.7. The van der Waals surface area contributed by atoms with Gasteiger partial charge in [-0.25, -0.2) is 4.79 Å². The summed E-state index contributed by atoms with van der Waals surface area (Å²) in [6.07, 6.45) is 13.0. The van der Waals surface area contributed by atoms with Crippen LogP contribution in [0, 0.1) is 35.0 Å². The van der Waals surface area contributed by atoms with Crippen LogP contribution in [0.2, 0.25) is 0 Å². The van der Waals surface area contributed by atoms with Crippen LogP contribution >= 0.6 is 0 Å². The Morgan fingerprint density at radius 3 is 2.65 bits per heavy atom. The van der Waals surface area contributed by atoms with E-state index in [2.05, 4.69) is 26.8 Å². The van der Waals surface area contributed by atoms with Crippen LogP contribution in [0.5, 0.6) is 0 Å². The molecule has 0 spiro atoms. The molecular formula is C27H38O4. The van der Waals surface area contributed by atoms with Crippen LogP contribution < -0.4 is 0 Å². The summed E-state index contributed by atoms with van der Waals surface area (Å²) in [6.45, 7) is 12.3. The Hall–Kier alpha value is -1.94. The number of aliphatic hydroxyl groups excluding tert-OH is 1. The summed E-state index contributed by atoms with van der Waals surface area (Å²) in [4.78, 5) is 25.7. The largest absolute Gasteiger partial charge is 0.454 e. The third-order valence-corrected chi connectivity index (χ3v) is 7.63. The Morgan fingerprint density at radius 1 is 1.26 bits per heavy atom. The van der Waals surface area contributed by atoms with Crippen LogP contribution in [0.4, 0.5) is 0 Å². The van der Waals surface area contributed by atoms with Crippen molar-refractivity contribution in [1.29, 1.82) is 0 Å². The molecule has 31 heavy (non-hydrogen) atoms. The van der Waals surface area contributed by atoms with Crippen molar-refractivity contribution in [3.63, 3.8) is 0 Å². The number of Topliss-reactive ketones (excluding diaryl/α,β-unsaturated/α-hetero) is 1. The van der Waals surface area contributed by atoms with Crippen molar-refractivity contribution in [3.05, 3.63) is 47.6 Å². The fourth-order valence-electron chi connectivity index (χ4n) is 5.56. The number of ketones is 1. The molecule has 4 heteroatoms. The van der Waals surface area contributed by atoms with E-state index in [0.717, 1.165) is 24.0 Å². The maximum Gasteiger partial charge on any atom is 0.331 e. The van der Waals surface area contributed by atoms with Gasteiger partial charge in [-0.3, -0.25) is 4.79 Å². The van der Waals surface area contributed by atoms with Crippen molar-refractivity contribution < 1.29 is 19.4 Å². The molecule has 2 saturated carbocycles. The number of allylic oxidation sites excluding steroid dienone is 5. The van der Waals surface area contributed by atoms with Gasteiger partial charge in [-0.1, -0.05) is 64.5 Å². The van der Waals surface area contributed by atoms with Gasteiger partial charge in [0, 0.05) is 23.8 Å². The van der Waals surface area contributed by atoms with E-state index in [1.54, 1.807) is 6.08 Å². The molecule has 1 N–H and O–H groups in total. The summed E-state index contributed by atoms with van der Waals surface area (Å²) in [5, 5.41) is 10.8. The molecule has 3 aliphatic carbocycles. The van der Waals surface area contributed by atoms with Gasteiger partial charge in [0.25, 0.3) is 0 Å². The molecule has 0 aliphatic heterocycles. The first-order valence-corrected chi connectivity index (χ1v) is 11.7. The molecule has 0 heterocycles. The Kier molecular flexibility index (Phi) is 7.10. The van der Waals surface area contributed by atoms with E-state index >= 15 is 0 Å². The highest BCUT2D eigenvalue weighted by Gasteiger charge is 2.62. The molecule has 0 aromatic heterocycles. The molecule has 0 aromatic rings. The monoisotopic (exact) mass is 426 g/mol. The van der Waals surface area contributed by atoms with Crippen LogP contribution in [0.3, 0.4) is 0 Å². The van der Waals surface area contributed by atoms with Gasteiger partial charge in [-0.2, -0.15) is 0 Å². The van der Waals surface area contributed by atoms with E-state index in [1.807, 2.05) is 39.0 Å². The van der Waals surface area contributed by atoms with Crippen LogP contribution in [0.25, 0.3) is 0 Å². The number of carbonyl (C=O) groups excluding carboxylic acids is 2. The Balaban J connectivity index is 1.91. The standard InChI is InChI=1S/C27H38O4/c1-7-8-9-10-11-12-22(28)31-26-18(4)14-20-19(13-16(2)24(20)29)25(30)17(3)15-21-23(26)27(21,5)6/h9-12,14-16,19-21,23-24,26,29H,7-8,13H2,1-6H3/b10-9-,12-11+,17-15+,18-14-/t16-,19?,20-,21-,23-,24+,26+/m1/s1. The first-order chi connectivity index (χ1) is 14.6. The number of unbranched alkanes of at least 4 members (excludes halogenated alkanes) is 1. The zero-order chi connectivity index (χ0) is 22.9. The smallest absolute Gasteiger partial charge is 0.331 e. The van der Waals surface area contributed by atoms with Gasteiger partial charge in [0.15, 0.2) is 5.78 Å². The summed E-state index contributed by atoms with van der Waals surface area (Å²) in [5.41, 5.74) is 1.65. The van der Waals surface area contributed by atoms with E-state index in [-0.39, 0.29) is 52.9 Å². The predicted molar refractivity (Wildman–Crippen MR) is 123 cm³/mol. The minimum Gasteiger partial charge on any atom is -0.454 e. The summed E-state index contributed by atoms with van der Waals surface area (Å²) >= 11 is 0. The first-order valence-electron chi connectivity index (χ1n) is 11.7. The molecule has 0 radical (unpaired) electrons. The van der Waals surface area contributed by atoms with Crippen molar-refractivity contribution in [2.24, 2.45) is 35.0 Å². The van der Waals surface area contributed by atoms with E-state index in [1.165, 1.54) is 6.08 Å². The highest BCUT2D eigenvalue weighted by Crippen LogP contribution is 2.63. The Bertz CT molecular complexity index is 828. The summed E-state index contributed by atoms with van der Waals surface area (Å²) in [6, 6.07) is 0. The van der Waals surface area contributed by atoms with Gasteiger partial charge in [0.2, 0.25) is 0 Å². The third-order valence-electron chi connectivity index (χ3n) is 7.63. The van der Waals surface area contributed by atoms with Gasteiger partial charge in [-0.15, -0.1) is 0 Å². The SMILES string of the molecule is CCC/C=C\C=C\C(=O)O[C@H]1/C(C)=C\[C@@H]2C(C[C@@H](C)[C@@H]2O)C(=O)/C(C)=C/[C@@H]2[C@H]1C2(C)C. The molecule has 0 saturated heterocycles. The van der Waals surface area contributed by atoms with Crippen LogP contribution in [-0.2, 0) is 14.3 Å². The summed E-state index contributed by atoms with van der Waals surface area (Å²) in [7, 11) is 0. The number of esters is 1. The van der Waals surface area contributed by atoms with Crippen molar-refractivity contribution in [3.8, 4) is 0 Å². The number of ether oxygens (including phenoxy) is 1. The fourth-order valence-corrected chi connectivity index (χ4v) is 5.56. The highest BCUT2D eigenvalue weighted by molar-refractivity contribution is 5.97. The van der Waals surface area contributed by atoms with Gasteiger partial charge in [0.05, 0.1) is 6.10 Å². The van der Waals surface area contributed by atoms with Gasteiger partial charge in [-0.05, 0) is 55.1 Å². The van der Waals surface area contributed by atoms with Crippen LogP contribution in [0.15, 0.2) is 47.6 Å². The maximum absolute atomic E-state index is 13.2. The number of hydrogen-bond acceptors (Lipinski definition) is 4. The van der Waals surface area contributed by atoms with Gasteiger partial charge < -0.3 is 9.84 Å². The lowest BCUT2D eigenvalue weighted by atomic mass is 9.84. The molecule has 3 aliphatic rings. The van der Waals surface area contributed by atoms with Gasteiger partial charge >= 0.3 is 5.97 Å². The minimum atomic E-state index is -0.556. The second-order valence-electron chi connectivity index (χ2n) is 10.3. The van der Waals surface area contributed by atoms with Crippen molar-refractivity contribution in [2.75, 3.05) is 0 Å². The third kappa shape index (κ3) is 4.79. The molecule has 3 rings (SSSR count). The fraction of sp³-hybridized carbons (Fsp3) is 0.630. The Labute approximate surface area is 187 Å². The second-order valence-corrected chi connectivity index (χ2v) is 10.3. The van der Waals surface area contributed by atoms with E-state index in [4.69, 9.17) is 4.74 Å². The van der Waals surface area contributed by atoms with Crippen molar-refractivity contribution in [1.82, 2.24) is 0 Å².